The highest BCUT2D eigenvalue weighted by atomic mass is 16.5. The van der Waals surface area contributed by atoms with Crippen molar-refractivity contribution in [2.45, 2.75) is 69.6 Å². The molecular formula is C13H26N4O. The first-order chi connectivity index (χ1) is 8.81. The predicted octanol–water partition coefficient (Wildman–Crippen LogP) is 1.30. The molecule has 2 aliphatic carbocycles. The van der Waals surface area contributed by atoms with Gasteiger partial charge in [0.05, 0.1) is 12.1 Å². The minimum Gasteiger partial charge on any atom is -0.381 e. The molecule has 0 saturated heterocycles. The molecule has 0 aromatic heterocycles. The summed E-state index contributed by atoms with van der Waals surface area (Å²) in [4.78, 5) is 4.70. The molecule has 18 heavy (non-hydrogen) atoms. The van der Waals surface area contributed by atoms with Gasteiger partial charge in [-0.3, -0.25) is 5.43 Å². The van der Waals surface area contributed by atoms with Gasteiger partial charge in [0.2, 0.25) is 5.96 Å². The third-order valence-electron chi connectivity index (χ3n) is 4.08. The lowest BCUT2D eigenvalue weighted by Crippen LogP contribution is -2.46. The van der Waals surface area contributed by atoms with Gasteiger partial charge in [-0.25, -0.2) is 10.8 Å². The smallest absolute Gasteiger partial charge is 0.206 e. The SMILES string of the molecule is COC1CCC(NC(=NC2CCCCC2)NN)C1. The molecule has 2 fully saturated rings. The van der Waals surface area contributed by atoms with E-state index in [9.17, 15) is 0 Å². The van der Waals surface area contributed by atoms with Crippen LogP contribution >= 0.6 is 0 Å². The maximum atomic E-state index is 5.56. The third-order valence-corrected chi connectivity index (χ3v) is 4.08. The van der Waals surface area contributed by atoms with Gasteiger partial charge in [0, 0.05) is 13.2 Å². The molecule has 2 aliphatic rings. The van der Waals surface area contributed by atoms with Crippen LogP contribution < -0.4 is 16.6 Å². The minimum atomic E-state index is 0.385. The van der Waals surface area contributed by atoms with Crippen LogP contribution in [0.5, 0.6) is 0 Å². The molecule has 2 rings (SSSR count). The number of hydrogen-bond acceptors (Lipinski definition) is 3. The molecule has 104 valence electrons. The normalized spacial score (nSPS) is 30.4. The zero-order valence-corrected chi connectivity index (χ0v) is 11.3. The maximum Gasteiger partial charge on any atom is 0.206 e. The fourth-order valence-electron chi connectivity index (χ4n) is 2.99. The van der Waals surface area contributed by atoms with Crippen molar-refractivity contribution < 1.29 is 4.74 Å². The quantitative estimate of drug-likeness (QED) is 0.307. The van der Waals surface area contributed by atoms with Gasteiger partial charge < -0.3 is 10.1 Å². The summed E-state index contributed by atoms with van der Waals surface area (Å²) in [6.07, 6.45) is 10.00. The fraction of sp³-hybridized carbons (Fsp3) is 0.923. The summed E-state index contributed by atoms with van der Waals surface area (Å²) in [5.41, 5.74) is 2.71. The van der Waals surface area contributed by atoms with Gasteiger partial charge in [0.1, 0.15) is 0 Å². The monoisotopic (exact) mass is 254 g/mol. The van der Waals surface area contributed by atoms with Crippen LogP contribution in [0.1, 0.15) is 51.4 Å². The topological polar surface area (TPSA) is 71.7 Å². The zero-order chi connectivity index (χ0) is 12.8. The van der Waals surface area contributed by atoms with Crippen molar-refractivity contribution >= 4 is 5.96 Å². The molecule has 0 aliphatic heterocycles. The first kappa shape index (κ1) is 13.6. The second-order valence-electron chi connectivity index (χ2n) is 5.43. The summed E-state index contributed by atoms with van der Waals surface area (Å²) < 4.78 is 5.38. The first-order valence-electron chi connectivity index (χ1n) is 7.15. The molecule has 0 bridgehead atoms. The Bertz CT molecular complexity index is 276. The summed E-state index contributed by atoms with van der Waals surface area (Å²) >= 11 is 0. The number of ether oxygens (including phenoxy) is 1. The van der Waals surface area contributed by atoms with Crippen LogP contribution in [0.2, 0.25) is 0 Å². The van der Waals surface area contributed by atoms with E-state index in [0.29, 0.717) is 18.2 Å². The van der Waals surface area contributed by atoms with E-state index in [1.807, 2.05) is 0 Å². The van der Waals surface area contributed by atoms with Crippen LogP contribution in [0.4, 0.5) is 0 Å². The van der Waals surface area contributed by atoms with Crippen LogP contribution in [-0.2, 0) is 4.74 Å². The van der Waals surface area contributed by atoms with E-state index >= 15 is 0 Å². The van der Waals surface area contributed by atoms with Crippen molar-refractivity contribution in [3.8, 4) is 0 Å². The standard InChI is InChI=1S/C13H26N4O/c1-18-12-8-7-11(9-12)16-13(17-14)15-10-5-3-2-4-6-10/h10-12H,2-9,14H2,1H3,(H2,15,16,17). The van der Waals surface area contributed by atoms with E-state index in [4.69, 9.17) is 15.6 Å². The average Bonchev–Trinajstić information content (AvgIpc) is 2.87. The van der Waals surface area contributed by atoms with Crippen molar-refractivity contribution in [1.29, 1.82) is 0 Å². The number of hydrogen-bond donors (Lipinski definition) is 3. The van der Waals surface area contributed by atoms with E-state index in [1.54, 1.807) is 7.11 Å². The van der Waals surface area contributed by atoms with E-state index in [2.05, 4.69) is 10.7 Å². The zero-order valence-electron chi connectivity index (χ0n) is 11.3. The second-order valence-corrected chi connectivity index (χ2v) is 5.43. The summed E-state index contributed by atoms with van der Waals surface area (Å²) in [5, 5.41) is 3.41. The Balaban J connectivity index is 1.82. The highest BCUT2D eigenvalue weighted by Crippen LogP contribution is 2.22. The summed E-state index contributed by atoms with van der Waals surface area (Å²) in [7, 11) is 1.78. The van der Waals surface area contributed by atoms with Gasteiger partial charge in [0.15, 0.2) is 0 Å². The third kappa shape index (κ3) is 3.85. The minimum absolute atomic E-state index is 0.385. The second kappa shape index (κ2) is 6.95. The number of guanidine groups is 1. The van der Waals surface area contributed by atoms with Gasteiger partial charge >= 0.3 is 0 Å². The lowest BCUT2D eigenvalue weighted by Gasteiger charge is -2.21. The summed E-state index contributed by atoms with van der Waals surface area (Å²) in [6.45, 7) is 0. The average molecular weight is 254 g/mol. The molecule has 2 saturated carbocycles. The van der Waals surface area contributed by atoms with Gasteiger partial charge in [0.25, 0.3) is 0 Å². The first-order valence-corrected chi connectivity index (χ1v) is 7.15. The Morgan fingerprint density at radius 1 is 1.17 bits per heavy atom. The van der Waals surface area contributed by atoms with Gasteiger partial charge in [-0.2, -0.15) is 0 Å². The van der Waals surface area contributed by atoms with E-state index in [1.165, 1.54) is 32.1 Å². The molecule has 2 atom stereocenters. The van der Waals surface area contributed by atoms with Gasteiger partial charge in [-0.05, 0) is 32.1 Å². The predicted molar refractivity (Wildman–Crippen MR) is 73.2 cm³/mol. The van der Waals surface area contributed by atoms with Crippen molar-refractivity contribution in [2.75, 3.05) is 7.11 Å². The number of hydrazine groups is 1. The van der Waals surface area contributed by atoms with Gasteiger partial charge in [-0.1, -0.05) is 19.3 Å². The maximum absolute atomic E-state index is 5.56. The number of aliphatic imine (C=N–C) groups is 1. The van der Waals surface area contributed by atoms with Crippen molar-refractivity contribution in [3.05, 3.63) is 0 Å². The Labute approximate surface area is 110 Å². The Kier molecular flexibility index (Phi) is 5.26. The highest BCUT2D eigenvalue weighted by Gasteiger charge is 2.25. The lowest BCUT2D eigenvalue weighted by molar-refractivity contribution is 0.107. The van der Waals surface area contributed by atoms with Crippen molar-refractivity contribution in [3.63, 3.8) is 0 Å². The Hall–Kier alpha value is -0.810. The Morgan fingerprint density at radius 3 is 2.56 bits per heavy atom. The fourth-order valence-corrected chi connectivity index (χ4v) is 2.99. The Morgan fingerprint density at radius 2 is 1.94 bits per heavy atom. The van der Waals surface area contributed by atoms with Crippen molar-refractivity contribution in [2.24, 2.45) is 10.8 Å². The number of nitrogens with two attached hydrogens (primary N) is 1. The van der Waals surface area contributed by atoms with E-state index < -0.39 is 0 Å². The van der Waals surface area contributed by atoms with Crippen LogP contribution in [0.3, 0.4) is 0 Å². The van der Waals surface area contributed by atoms with E-state index in [-0.39, 0.29) is 0 Å². The molecule has 5 heteroatoms. The number of methoxy groups -OCH3 is 1. The summed E-state index contributed by atoms with van der Waals surface area (Å²) in [6, 6.07) is 0.880. The van der Waals surface area contributed by atoms with E-state index in [0.717, 1.165) is 25.2 Å². The molecule has 0 amide bonds. The molecule has 0 aromatic carbocycles. The number of nitrogens with one attached hydrogen (secondary N) is 2. The molecule has 0 aromatic rings. The largest absolute Gasteiger partial charge is 0.381 e. The molecular weight excluding hydrogens is 228 g/mol. The summed E-state index contributed by atoms with van der Waals surface area (Å²) in [5.74, 6) is 6.31. The molecule has 2 unspecified atom stereocenters. The van der Waals surface area contributed by atoms with Crippen LogP contribution in [0, 0.1) is 0 Å². The molecule has 0 radical (unpaired) electrons. The number of rotatable bonds is 3. The molecule has 0 heterocycles. The van der Waals surface area contributed by atoms with Crippen molar-refractivity contribution in [1.82, 2.24) is 10.7 Å². The van der Waals surface area contributed by atoms with Crippen LogP contribution in [0.15, 0.2) is 4.99 Å². The lowest BCUT2D eigenvalue weighted by atomic mass is 9.96. The van der Waals surface area contributed by atoms with Crippen LogP contribution in [0.25, 0.3) is 0 Å². The van der Waals surface area contributed by atoms with Crippen LogP contribution in [-0.4, -0.2) is 31.3 Å². The number of nitrogens with zero attached hydrogens (tertiary/aromatic N) is 1. The molecule has 5 nitrogen and oxygen atoms in total. The van der Waals surface area contributed by atoms with Gasteiger partial charge in [-0.15, -0.1) is 0 Å². The highest BCUT2D eigenvalue weighted by molar-refractivity contribution is 5.79. The molecule has 4 N–H and O–H groups in total. The molecule has 0 spiro atoms.